The highest BCUT2D eigenvalue weighted by Crippen LogP contribution is 2.24. The number of rotatable bonds is 3. The molecular weight excluding hydrogens is 278 g/mol. The van der Waals surface area contributed by atoms with Gasteiger partial charge >= 0.3 is 11.7 Å². The third-order valence-corrected chi connectivity index (χ3v) is 3.76. The van der Waals surface area contributed by atoms with E-state index in [1.54, 1.807) is 0 Å². The van der Waals surface area contributed by atoms with Crippen molar-refractivity contribution in [2.24, 2.45) is 13.0 Å². The van der Waals surface area contributed by atoms with E-state index in [0.29, 0.717) is 25.7 Å². The molecule has 1 fully saturated rings. The van der Waals surface area contributed by atoms with Gasteiger partial charge in [0.05, 0.1) is 5.92 Å². The van der Waals surface area contributed by atoms with Gasteiger partial charge in [-0.3, -0.25) is 19.4 Å². The molecule has 0 radical (unpaired) electrons. The van der Waals surface area contributed by atoms with E-state index in [9.17, 15) is 19.2 Å². The second-order valence-electron chi connectivity index (χ2n) is 5.27. The first-order valence-corrected chi connectivity index (χ1v) is 6.72. The van der Waals surface area contributed by atoms with Gasteiger partial charge in [0.2, 0.25) is 0 Å². The first-order valence-electron chi connectivity index (χ1n) is 6.72. The van der Waals surface area contributed by atoms with Crippen LogP contribution in [0.2, 0.25) is 0 Å². The van der Waals surface area contributed by atoms with Crippen molar-refractivity contribution in [3.63, 3.8) is 0 Å². The Labute approximate surface area is 119 Å². The summed E-state index contributed by atoms with van der Waals surface area (Å²) in [6, 6.07) is -0.148. The largest absolute Gasteiger partial charge is 0.481 e. The summed E-state index contributed by atoms with van der Waals surface area (Å²) in [5.74, 6) is -1.72. The number of aliphatic carboxylic acids is 1. The molecule has 1 aromatic rings. The third-order valence-electron chi connectivity index (χ3n) is 3.76. The Hall–Kier alpha value is -2.38. The van der Waals surface area contributed by atoms with Crippen LogP contribution in [0.3, 0.4) is 0 Å². The summed E-state index contributed by atoms with van der Waals surface area (Å²) in [5, 5.41) is 11.6. The Morgan fingerprint density at radius 2 is 1.90 bits per heavy atom. The van der Waals surface area contributed by atoms with E-state index >= 15 is 0 Å². The zero-order valence-electron chi connectivity index (χ0n) is 11.6. The number of amides is 1. The smallest absolute Gasteiger partial charge is 0.328 e. The van der Waals surface area contributed by atoms with Crippen LogP contribution < -0.4 is 16.6 Å². The Morgan fingerprint density at radius 1 is 1.29 bits per heavy atom. The summed E-state index contributed by atoms with van der Waals surface area (Å²) < 4.78 is 1.12. The molecular formula is C13H17N3O5. The first kappa shape index (κ1) is 15.0. The normalized spacial score (nSPS) is 21.8. The molecule has 0 unspecified atom stereocenters. The monoisotopic (exact) mass is 295 g/mol. The van der Waals surface area contributed by atoms with E-state index in [4.69, 9.17) is 5.11 Å². The molecule has 0 bridgehead atoms. The highest BCUT2D eigenvalue weighted by molar-refractivity contribution is 5.93. The predicted molar refractivity (Wildman–Crippen MR) is 73.2 cm³/mol. The van der Waals surface area contributed by atoms with Gasteiger partial charge in [0.15, 0.2) is 0 Å². The molecule has 8 nitrogen and oxygen atoms in total. The molecule has 0 saturated heterocycles. The van der Waals surface area contributed by atoms with Crippen molar-refractivity contribution >= 4 is 11.9 Å². The highest BCUT2D eigenvalue weighted by Gasteiger charge is 2.27. The standard InChI is InChI=1S/C13H17N3O5/c1-16-6-9(11(18)15-13(16)21)10(17)14-8-4-2-7(3-5-8)12(19)20/h6-8H,2-5H2,1H3,(H,14,17)(H,19,20)(H,15,18,21). The average molecular weight is 295 g/mol. The molecule has 2 rings (SSSR count). The Kier molecular flexibility index (Phi) is 4.25. The number of aryl methyl sites for hydroxylation is 1. The van der Waals surface area contributed by atoms with Gasteiger partial charge < -0.3 is 15.0 Å². The highest BCUT2D eigenvalue weighted by atomic mass is 16.4. The van der Waals surface area contributed by atoms with Gasteiger partial charge in [-0.15, -0.1) is 0 Å². The molecule has 21 heavy (non-hydrogen) atoms. The fraction of sp³-hybridized carbons (Fsp3) is 0.538. The van der Waals surface area contributed by atoms with Crippen LogP contribution in [0.1, 0.15) is 36.0 Å². The quantitative estimate of drug-likeness (QED) is 0.690. The van der Waals surface area contributed by atoms with Crippen LogP contribution in [0.25, 0.3) is 0 Å². The SMILES string of the molecule is Cn1cc(C(=O)NC2CCC(C(=O)O)CC2)c(=O)[nH]c1=O. The van der Waals surface area contributed by atoms with Crippen molar-refractivity contribution in [3.05, 3.63) is 32.6 Å². The number of carboxylic acid groups (broad SMARTS) is 1. The predicted octanol–water partition coefficient (Wildman–Crippen LogP) is -0.553. The fourth-order valence-electron chi connectivity index (χ4n) is 2.47. The molecule has 0 atom stereocenters. The van der Waals surface area contributed by atoms with Crippen molar-refractivity contribution in [2.75, 3.05) is 0 Å². The van der Waals surface area contributed by atoms with Crippen LogP contribution in [0.4, 0.5) is 0 Å². The molecule has 1 aliphatic carbocycles. The van der Waals surface area contributed by atoms with Crippen molar-refractivity contribution in [3.8, 4) is 0 Å². The van der Waals surface area contributed by atoms with Gasteiger partial charge in [0.1, 0.15) is 5.56 Å². The van der Waals surface area contributed by atoms with Crippen molar-refractivity contribution in [1.82, 2.24) is 14.9 Å². The minimum absolute atomic E-state index is 0.127. The number of aromatic nitrogens is 2. The molecule has 1 heterocycles. The minimum atomic E-state index is -0.811. The number of hydrogen-bond donors (Lipinski definition) is 3. The molecule has 114 valence electrons. The molecule has 1 aromatic heterocycles. The number of H-pyrrole nitrogens is 1. The number of aromatic amines is 1. The molecule has 3 N–H and O–H groups in total. The Bertz CT molecular complexity index is 667. The molecule has 1 amide bonds. The zero-order chi connectivity index (χ0) is 15.6. The zero-order valence-corrected chi connectivity index (χ0v) is 11.6. The van der Waals surface area contributed by atoms with Crippen LogP contribution >= 0.6 is 0 Å². The Balaban J connectivity index is 2.03. The summed E-state index contributed by atoms with van der Waals surface area (Å²) in [4.78, 5) is 47.8. The molecule has 1 aliphatic rings. The lowest BCUT2D eigenvalue weighted by atomic mass is 9.86. The van der Waals surface area contributed by atoms with Crippen LogP contribution in [0.5, 0.6) is 0 Å². The number of carbonyl (C=O) groups excluding carboxylic acids is 1. The van der Waals surface area contributed by atoms with E-state index in [0.717, 1.165) is 4.57 Å². The lowest BCUT2D eigenvalue weighted by Crippen LogP contribution is -2.42. The minimum Gasteiger partial charge on any atom is -0.481 e. The number of carboxylic acids is 1. The number of nitrogens with one attached hydrogen (secondary N) is 2. The van der Waals surface area contributed by atoms with E-state index in [2.05, 4.69) is 10.3 Å². The molecule has 0 aromatic carbocycles. The summed E-state index contributed by atoms with van der Waals surface area (Å²) in [6.07, 6.45) is 3.33. The maximum Gasteiger partial charge on any atom is 0.328 e. The van der Waals surface area contributed by atoms with E-state index in [1.807, 2.05) is 0 Å². The van der Waals surface area contributed by atoms with Crippen LogP contribution in [-0.2, 0) is 11.8 Å². The summed E-state index contributed by atoms with van der Waals surface area (Å²) in [6.45, 7) is 0. The van der Waals surface area contributed by atoms with Gasteiger partial charge in [-0.05, 0) is 25.7 Å². The lowest BCUT2D eigenvalue weighted by molar-refractivity contribution is -0.142. The molecule has 0 aliphatic heterocycles. The van der Waals surface area contributed by atoms with E-state index < -0.39 is 23.1 Å². The Morgan fingerprint density at radius 3 is 2.48 bits per heavy atom. The van der Waals surface area contributed by atoms with Crippen LogP contribution in [0, 0.1) is 5.92 Å². The second-order valence-corrected chi connectivity index (χ2v) is 5.27. The number of hydrogen-bond acceptors (Lipinski definition) is 4. The summed E-state index contributed by atoms with van der Waals surface area (Å²) in [7, 11) is 1.44. The lowest BCUT2D eigenvalue weighted by Gasteiger charge is -2.26. The van der Waals surface area contributed by atoms with E-state index in [1.165, 1.54) is 13.2 Å². The second kappa shape index (κ2) is 5.94. The number of carbonyl (C=O) groups is 2. The molecule has 0 spiro atoms. The molecule has 1 saturated carbocycles. The first-order chi connectivity index (χ1) is 9.88. The van der Waals surface area contributed by atoms with Crippen molar-refractivity contribution in [2.45, 2.75) is 31.7 Å². The van der Waals surface area contributed by atoms with Crippen LogP contribution in [-0.4, -0.2) is 32.6 Å². The third kappa shape index (κ3) is 3.39. The van der Waals surface area contributed by atoms with E-state index in [-0.39, 0.29) is 17.5 Å². The van der Waals surface area contributed by atoms with Gasteiger partial charge in [-0.2, -0.15) is 0 Å². The summed E-state index contributed by atoms with van der Waals surface area (Å²) in [5.41, 5.74) is -1.44. The van der Waals surface area contributed by atoms with Crippen molar-refractivity contribution < 1.29 is 14.7 Å². The topological polar surface area (TPSA) is 121 Å². The van der Waals surface area contributed by atoms with Gasteiger partial charge in [0.25, 0.3) is 11.5 Å². The maximum atomic E-state index is 12.0. The van der Waals surface area contributed by atoms with Gasteiger partial charge in [-0.25, -0.2) is 4.79 Å². The number of nitrogens with zero attached hydrogens (tertiary/aromatic N) is 1. The molecule has 8 heteroatoms. The van der Waals surface area contributed by atoms with Crippen LogP contribution in [0.15, 0.2) is 15.8 Å². The van der Waals surface area contributed by atoms with Gasteiger partial charge in [-0.1, -0.05) is 0 Å². The van der Waals surface area contributed by atoms with Crippen molar-refractivity contribution in [1.29, 1.82) is 0 Å². The average Bonchev–Trinajstić information content (AvgIpc) is 2.43. The fourth-order valence-corrected chi connectivity index (χ4v) is 2.47. The summed E-state index contributed by atoms with van der Waals surface area (Å²) >= 11 is 0. The maximum absolute atomic E-state index is 12.0. The van der Waals surface area contributed by atoms with Gasteiger partial charge in [0, 0.05) is 19.3 Å².